The van der Waals surface area contributed by atoms with Gasteiger partial charge in [-0.1, -0.05) is 25.1 Å². The first-order valence-electron chi connectivity index (χ1n) is 10.7. The van der Waals surface area contributed by atoms with Crippen molar-refractivity contribution in [3.8, 4) is 11.5 Å². The van der Waals surface area contributed by atoms with Gasteiger partial charge in [-0.15, -0.1) is 0 Å². The zero-order valence-corrected chi connectivity index (χ0v) is 18.9. The molecule has 6 nitrogen and oxygen atoms in total. The van der Waals surface area contributed by atoms with Gasteiger partial charge in [0.2, 0.25) is 0 Å². The smallest absolute Gasteiger partial charge is 0.336 e. The van der Waals surface area contributed by atoms with Gasteiger partial charge in [0.1, 0.15) is 12.2 Å². The number of benzene rings is 2. The van der Waals surface area contributed by atoms with E-state index in [-0.39, 0.29) is 6.61 Å². The second kappa shape index (κ2) is 10.7. The van der Waals surface area contributed by atoms with Gasteiger partial charge >= 0.3 is 11.6 Å². The molecule has 0 spiro atoms. The number of carbonyl (C=O) groups is 1. The fourth-order valence-corrected chi connectivity index (χ4v) is 3.23. The first-order valence-corrected chi connectivity index (χ1v) is 10.7. The topological polar surface area (TPSA) is 75.0 Å². The molecule has 0 radical (unpaired) electrons. The third kappa shape index (κ3) is 5.58. The third-order valence-corrected chi connectivity index (χ3v) is 5.03. The maximum absolute atomic E-state index is 12.3. The fraction of sp³-hybridized carbons (Fsp3) is 0.308. The molecule has 0 amide bonds. The second-order valence-corrected chi connectivity index (χ2v) is 7.40. The molecule has 0 aliphatic heterocycles. The van der Waals surface area contributed by atoms with Gasteiger partial charge < -0.3 is 18.6 Å². The summed E-state index contributed by atoms with van der Waals surface area (Å²) in [4.78, 5) is 24.2. The van der Waals surface area contributed by atoms with Crippen LogP contribution in [0.25, 0.3) is 17.0 Å². The highest BCUT2D eigenvalue weighted by molar-refractivity contribution is 5.88. The first kappa shape index (κ1) is 23.1. The van der Waals surface area contributed by atoms with Crippen LogP contribution in [0.4, 0.5) is 0 Å². The summed E-state index contributed by atoms with van der Waals surface area (Å²) in [5, 5.41) is 0.758. The van der Waals surface area contributed by atoms with Gasteiger partial charge in [0.05, 0.1) is 13.2 Å². The highest BCUT2D eigenvalue weighted by Crippen LogP contribution is 2.29. The third-order valence-electron chi connectivity index (χ3n) is 5.03. The standard InChI is InChI=1S/C26H28O6/c1-5-13-30-22-11-8-19(14-23(22)29-6-2)9-12-24(27)31-16-20-15-25(28)32-26-18(4)17(3)7-10-21(20)26/h7-12,14-15H,5-6,13,16H2,1-4H3. The Kier molecular flexibility index (Phi) is 7.71. The van der Waals surface area contributed by atoms with Crippen molar-refractivity contribution >= 4 is 23.0 Å². The quantitative estimate of drug-likeness (QED) is 0.256. The molecule has 3 rings (SSSR count). The molecule has 1 aromatic heterocycles. The van der Waals surface area contributed by atoms with Crippen LogP contribution in [-0.2, 0) is 16.1 Å². The van der Waals surface area contributed by atoms with E-state index in [0.717, 1.165) is 28.5 Å². The van der Waals surface area contributed by atoms with Gasteiger partial charge in [0, 0.05) is 23.1 Å². The van der Waals surface area contributed by atoms with Crippen molar-refractivity contribution in [3.63, 3.8) is 0 Å². The molecule has 1 heterocycles. The molecule has 0 saturated carbocycles. The number of hydrogen-bond donors (Lipinski definition) is 0. The van der Waals surface area contributed by atoms with Crippen LogP contribution in [0.1, 0.15) is 42.5 Å². The second-order valence-electron chi connectivity index (χ2n) is 7.40. The predicted octanol–water partition coefficient (Wildman–Crippen LogP) is 5.35. The molecule has 0 unspecified atom stereocenters. The molecular formula is C26H28O6. The summed E-state index contributed by atoms with van der Waals surface area (Å²) < 4.78 is 22.1. The van der Waals surface area contributed by atoms with Gasteiger partial charge in [-0.25, -0.2) is 9.59 Å². The zero-order valence-electron chi connectivity index (χ0n) is 18.9. The zero-order chi connectivity index (χ0) is 23.1. The minimum absolute atomic E-state index is 0.0260. The number of rotatable bonds is 9. The number of hydrogen-bond acceptors (Lipinski definition) is 6. The number of fused-ring (bicyclic) bond motifs is 1. The predicted molar refractivity (Wildman–Crippen MR) is 124 cm³/mol. The Hall–Kier alpha value is -3.54. The molecule has 0 bridgehead atoms. The van der Waals surface area contributed by atoms with Crippen molar-refractivity contribution in [3.05, 3.63) is 75.1 Å². The number of esters is 1. The summed E-state index contributed by atoms with van der Waals surface area (Å²) in [5.41, 5.74) is 3.36. The highest BCUT2D eigenvalue weighted by Gasteiger charge is 2.11. The van der Waals surface area contributed by atoms with E-state index < -0.39 is 11.6 Å². The molecule has 6 heteroatoms. The Balaban J connectivity index is 1.72. The molecule has 0 saturated heterocycles. The molecule has 32 heavy (non-hydrogen) atoms. The number of ether oxygens (including phenoxy) is 3. The lowest BCUT2D eigenvalue weighted by Gasteiger charge is -2.12. The Labute approximate surface area is 187 Å². The summed E-state index contributed by atoms with van der Waals surface area (Å²) in [7, 11) is 0. The van der Waals surface area contributed by atoms with Crippen LogP contribution in [0.15, 0.2) is 51.7 Å². The molecule has 0 N–H and O–H groups in total. The molecule has 0 fully saturated rings. The molecular weight excluding hydrogens is 408 g/mol. The van der Waals surface area contributed by atoms with Gasteiger partial charge in [-0.05, 0) is 62.1 Å². The highest BCUT2D eigenvalue weighted by atomic mass is 16.5. The van der Waals surface area contributed by atoms with Gasteiger partial charge in [0.25, 0.3) is 0 Å². The van der Waals surface area contributed by atoms with E-state index in [9.17, 15) is 9.59 Å². The maximum atomic E-state index is 12.3. The van der Waals surface area contributed by atoms with Crippen LogP contribution in [0, 0.1) is 13.8 Å². The Bertz CT molecular complexity index is 1190. The van der Waals surface area contributed by atoms with E-state index in [1.54, 1.807) is 6.08 Å². The Morgan fingerprint density at radius 1 is 1.03 bits per heavy atom. The maximum Gasteiger partial charge on any atom is 0.336 e. The summed E-state index contributed by atoms with van der Waals surface area (Å²) in [6.45, 7) is 8.88. The largest absolute Gasteiger partial charge is 0.490 e. The number of carbonyl (C=O) groups excluding carboxylic acids is 1. The summed E-state index contributed by atoms with van der Waals surface area (Å²) in [6.07, 6.45) is 3.90. The average molecular weight is 437 g/mol. The van der Waals surface area contributed by atoms with Crippen molar-refractivity contribution in [1.82, 2.24) is 0 Å². The molecule has 0 atom stereocenters. The van der Waals surface area contributed by atoms with E-state index >= 15 is 0 Å². The van der Waals surface area contributed by atoms with Crippen molar-refractivity contribution < 1.29 is 23.4 Å². The van der Waals surface area contributed by atoms with E-state index in [1.807, 2.05) is 58.0 Å². The van der Waals surface area contributed by atoms with Crippen LogP contribution in [0.5, 0.6) is 11.5 Å². The lowest BCUT2D eigenvalue weighted by molar-refractivity contribution is -0.138. The average Bonchev–Trinajstić information content (AvgIpc) is 2.78. The number of aryl methyl sites for hydroxylation is 2. The summed E-state index contributed by atoms with van der Waals surface area (Å²) >= 11 is 0. The van der Waals surface area contributed by atoms with Gasteiger partial charge in [-0.2, -0.15) is 0 Å². The molecule has 3 aromatic rings. The van der Waals surface area contributed by atoms with Gasteiger partial charge in [-0.3, -0.25) is 0 Å². The van der Waals surface area contributed by atoms with Crippen molar-refractivity contribution in [2.45, 2.75) is 40.7 Å². The lowest BCUT2D eigenvalue weighted by atomic mass is 10.0. The normalized spacial score (nSPS) is 11.1. The Morgan fingerprint density at radius 2 is 1.84 bits per heavy atom. The van der Waals surface area contributed by atoms with E-state index in [4.69, 9.17) is 18.6 Å². The summed E-state index contributed by atoms with van der Waals surface area (Å²) in [6, 6.07) is 10.7. The van der Waals surface area contributed by atoms with Crippen molar-refractivity contribution in [2.75, 3.05) is 13.2 Å². The van der Waals surface area contributed by atoms with Crippen molar-refractivity contribution in [1.29, 1.82) is 0 Å². The van der Waals surface area contributed by atoms with Crippen molar-refractivity contribution in [2.24, 2.45) is 0 Å². The molecule has 2 aromatic carbocycles. The summed E-state index contributed by atoms with van der Waals surface area (Å²) in [5.74, 6) is 0.790. The molecule has 168 valence electrons. The van der Waals surface area contributed by atoms with Crippen LogP contribution in [-0.4, -0.2) is 19.2 Å². The molecule has 0 aliphatic carbocycles. The minimum Gasteiger partial charge on any atom is -0.490 e. The van der Waals surface area contributed by atoms with Crippen LogP contribution >= 0.6 is 0 Å². The Morgan fingerprint density at radius 3 is 2.59 bits per heavy atom. The van der Waals surface area contributed by atoms with Crippen LogP contribution in [0.3, 0.4) is 0 Å². The van der Waals surface area contributed by atoms with Crippen LogP contribution < -0.4 is 15.1 Å². The molecule has 0 aliphatic rings. The minimum atomic E-state index is -0.514. The lowest BCUT2D eigenvalue weighted by Crippen LogP contribution is -2.06. The first-order chi connectivity index (χ1) is 15.4. The fourth-order valence-electron chi connectivity index (χ4n) is 3.23. The SMILES string of the molecule is CCCOc1ccc(C=CC(=O)OCc2cc(=O)oc3c(C)c(C)ccc23)cc1OCC. The van der Waals surface area contributed by atoms with E-state index in [0.29, 0.717) is 35.9 Å². The van der Waals surface area contributed by atoms with E-state index in [2.05, 4.69) is 0 Å². The van der Waals surface area contributed by atoms with Gasteiger partial charge in [0.15, 0.2) is 11.5 Å². The van der Waals surface area contributed by atoms with E-state index in [1.165, 1.54) is 12.1 Å². The monoisotopic (exact) mass is 436 g/mol. The van der Waals surface area contributed by atoms with Crippen LogP contribution in [0.2, 0.25) is 0 Å².